The van der Waals surface area contributed by atoms with Crippen LogP contribution < -0.4 is 5.73 Å². The molecule has 0 aliphatic rings. The third kappa shape index (κ3) is 1.88. The molecule has 7 heteroatoms. The Morgan fingerprint density at radius 3 is 3.00 bits per heavy atom. The van der Waals surface area contributed by atoms with Crippen LogP contribution in [0.2, 0.25) is 0 Å². The smallest absolute Gasteiger partial charge is 0.170 e. The highest BCUT2D eigenvalue weighted by Gasteiger charge is 2.11. The van der Waals surface area contributed by atoms with Gasteiger partial charge in [-0.2, -0.15) is 4.68 Å². The van der Waals surface area contributed by atoms with Gasteiger partial charge in [0.05, 0.1) is 6.54 Å². The maximum absolute atomic E-state index is 13.5. The lowest BCUT2D eigenvalue weighted by molar-refractivity contribution is 0.602. The van der Waals surface area contributed by atoms with Crippen molar-refractivity contribution in [2.75, 3.05) is 0 Å². The fraction of sp³-hybridized carbons (Fsp3) is 0.125. The van der Waals surface area contributed by atoms with Crippen molar-refractivity contribution in [3.05, 3.63) is 34.3 Å². The molecule has 0 atom stereocenters. The molecule has 2 N–H and O–H groups in total. The first-order valence-electron chi connectivity index (χ1n) is 4.15. The van der Waals surface area contributed by atoms with Crippen molar-refractivity contribution in [1.29, 1.82) is 0 Å². The van der Waals surface area contributed by atoms with Gasteiger partial charge in [0, 0.05) is 4.47 Å². The molecule has 5 nitrogen and oxygen atoms in total. The SMILES string of the molecule is NCc1nnnn1-c1cc(Br)ccc1F. The summed E-state index contributed by atoms with van der Waals surface area (Å²) in [6, 6.07) is 4.53. The molecular formula is C8H7BrFN5. The number of tetrazole rings is 1. The summed E-state index contributed by atoms with van der Waals surface area (Å²) in [7, 11) is 0. The van der Waals surface area contributed by atoms with Gasteiger partial charge in [-0.1, -0.05) is 15.9 Å². The summed E-state index contributed by atoms with van der Waals surface area (Å²) in [5.74, 6) is 0.00667. The van der Waals surface area contributed by atoms with Gasteiger partial charge < -0.3 is 5.73 Å². The monoisotopic (exact) mass is 271 g/mol. The second-order valence-electron chi connectivity index (χ2n) is 2.81. The van der Waals surface area contributed by atoms with E-state index in [1.165, 1.54) is 10.7 Å². The molecular weight excluding hydrogens is 265 g/mol. The first-order chi connectivity index (χ1) is 7.22. The van der Waals surface area contributed by atoms with Gasteiger partial charge in [-0.15, -0.1) is 5.10 Å². The lowest BCUT2D eigenvalue weighted by Gasteiger charge is -2.04. The molecule has 0 unspecified atom stereocenters. The number of hydrogen-bond acceptors (Lipinski definition) is 4. The van der Waals surface area contributed by atoms with Crippen LogP contribution in [-0.2, 0) is 6.54 Å². The Kier molecular flexibility index (Phi) is 2.74. The highest BCUT2D eigenvalue weighted by atomic mass is 79.9. The van der Waals surface area contributed by atoms with Gasteiger partial charge >= 0.3 is 0 Å². The van der Waals surface area contributed by atoms with E-state index in [1.54, 1.807) is 12.1 Å². The van der Waals surface area contributed by atoms with Gasteiger partial charge in [0.25, 0.3) is 0 Å². The van der Waals surface area contributed by atoms with Gasteiger partial charge in [-0.05, 0) is 28.6 Å². The Balaban J connectivity index is 2.58. The van der Waals surface area contributed by atoms with Crippen LogP contribution in [-0.4, -0.2) is 20.2 Å². The predicted molar refractivity (Wildman–Crippen MR) is 54.7 cm³/mol. The minimum Gasteiger partial charge on any atom is -0.324 e. The minimum atomic E-state index is -0.403. The molecule has 1 aromatic carbocycles. The molecule has 78 valence electrons. The molecule has 2 aromatic rings. The van der Waals surface area contributed by atoms with Gasteiger partial charge in [0.15, 0.2) is 5.82 Å². The average Bonchev–Trinajstić information content (AvgIpc) is 2.69. The van der Waals surface area contributed by atoms with E-state index >= 15 is 0 Å². The van der Waals surface area contributed by atoms with Crippen molar-refractivity contribution < 1.29 is 4.39 Å². The first-order valence-corrected chi connectivity index (χ1v) is 4.94. The molecule has 0 bridgehead atoms. The standard InChI is InChI=1S/C8H7BrFN5/c9-5-1-2-6(10)7(3-5)15-8(4-11)12-13-14-15/h1-3H,4,11H2. The predicted octanol–water partition coefficient (Wildman–Crippen LogP) is 1.02. The van der Waals surface area contributed by atoms with Gasteiger partial charge in [-0.3, -0.25) is 0 Å². The molecule has 0 radical (unpaired) electrons. The van der Waals surface area contributed by atoms with E-state index in [0.29, 0.717) is 5.82 Å². The number of nitrogens with two attached hydrogens (primary N) is 1. The number of aromatic nitrogens is 4. The van der Waals surface area contributed by atoms with Crippen molar-refractivity contribution in [1.82, 2.24) is 20.2 Å². The number of hydrogen-bond donors (Lipinski definition) is 1. The molecule has 15 heavy (non-hydrogen) atoms. The van der Waals surface area contributed by atoms with Crippen LogP contribution in [0.5, 0.6) is 0 Å². The summed E-state index contributed by atoms with van der Waals surface area (Å²) in [4.78, 5) is 0. The molecule has 0 spiro atoms. The van der Waals surface area contributed by atoms with E-state index in [9.17, 15) is 4.39 Å². The molecule has 0 saturated carbocycles. The van der Waals surface area contributed by atoms with Crippen LogP contribution in [0.1, 0.15) is 5.82 Å². The highest BCUT2D eigenvalue weighted by Crippen LogP contribution is 2.18. The van der Waals surface area contributed by atoms with Crippen LogP contribution >= 0.6 is 15.9 Å². The number of halogens is 2. The first kappa shape index (κ1) is 10.2. The molecule has 0 saturated heterocycles. The zero-order valence-electron chi connectivity index (χ0n) is 7.56. The van der Waals surface area contributed by atoms with Crippen LogP contribution in [0.15, 0.2) is 22.7 Å². The summed E-state index contributed by atoms with van der Waals surface area (Å²) in [6.07, 6.45) is 0. The summed E-state index contributed by atoms with van der Waals surface area (Å²) < 4.78 is 15.5. The van der Waals surface area contributed by atoms with Gasteiger partial charge in [0.2, 0.25) is 0 Å². The Morgan fingerprint density at radius 2 is 2.27 bits per heavy atom. The Hall–Kier alpha value is -1.34. The number of benzene rings is 1. The van der Waals surface area contributed by atoms with Crippen molar-refractivity contribution >= 4 is 15.9 Å². The molecule has 2 rings (SSSR count). The van der Waals surface area contributed by atoms with Crippen LogP contribution in [0, 0.1) is 5.82 Å². The second-order valence-corrected chi connectivity index (χ2v) is 3.72. The summed E-state index contributed by atoms with van der Waals surface area (Å²) in [5, 5.41) is 10.8. The van der Waals surface area contributed by atoms with Gasteiger partial charge in [-0.25, -0.2) is 4.39 Å². The third-order valence-corrected chi connectivity index (χ3v) is 2.35. The number of rotatable bonds is 2. The maximum atomic E-state index is 13.5. The minimum absolute atomic E-state index is 0.152. The zero-order valence-corrected chi connectivity index (χ0v) is 9.15. The van der Waals surface area contributed by atoms with E-state index in [2.05, 4.69) is 31.5 Å². The van der Waals surface area contributed by atoms with E-state index in [-0.39, 0.29) is 12.2 Å². The Bertz CT molecular complexity index is 484. The Morgan fingerprint density at radius 1 is 1.47 bits per heavy atom. The highest BCUT2D eigenvalue weighted by molar-refractivity contribution is 9.10. The Labute approximate surface area is 93.2 Å². The van der Waals surface area contributed by atoms with Crippen molar-refractivity contribution in [2.24, 2.45) is 5.73 Å². The zero-order chi connectivity index (χ0) is 10.8. The second kappa shape index (κ2) is 4.03. The van der Waals surface area contributed by atoms with E-state index in [1.807, 2.05) is 0 Å². The van der Waals surface area contributed by atoms with Crippen molar-refractivity contribution in [3.63, 3.8) is 0 Å². The van der Waals surface area contributed by atoms with Crippen molar-refractivity contribution in [2.45, 2.75) is 6.54 Å². The third-order valence-electron chi connectivity index (χ3n) is 1.85. The molecule has 0 amide bonds. The fourth-order valence-electron chi connectivity index (χ4n) is 1.17. The summed E-state index contributed by atoms with van der Waals surface area (Å²) in [5.41, 5.74) is 5.70. The normalized spacial score (nSPS) is 10.6. The molecule has 1 heterocycles. The summed E-state index contributed by atoms with van der Waals surface area (Å²) in [6.45, 7) is 0.152. The lowest BCUT2D eigenvalue weighted by Crippen LogP contribution is -2.09. The van der Waals surface area contributed by atoms with Crippen LogP contribution in [0.25, 0.3) is 5.69 Å². The van der Waals surface area contributed by atoms with E-state index in [0.717, 1.165) is 4.47 Å². The topological polar surface area (TPSA) is 69.6 Å². The lowest BCUT2D eigenvalue weighted by atomic mass is 10.3. The van der Waals surface area contributed by atoms with Crippen molar-refractivity contribution in [3.8, 4) is 5.69 Å². The average molecular weight is 272 g/mol. The molecule has 1 aromatic heterocycles. The quantitative estimate of drug-likeness (QED) is 0.886. The number of nitrogens with zero attached hydrogens (tertiary/aromatic N) is 4. The maximum Gasteiger partial charge on any atom is 0.170 e. The summed E-state index contributed by atoms with van der Waals surface area (Å²) >= 11 is 3.25. The molecule has 0 fully saturated rings. The van der Waals surface area contributed by atoms with Gasteiger partial charge in [0.1, 0.15) is 11.5 Å². The molecule has 0 aliphatic carbocycles. The van der Waals surface area contributed by atoms with E-state index in [4.69, 9.17) is 5.73 Å². The van der Waals surface area contributed by atoms with Crippen LogP contribution in [0.3, 0.4) is 0 Å². The van der Waals surface area contributed by atoms with Crippen LogP contribution in [0.4, 0.5) is 4.39 Å². The van der Waals surface area contributed by atoms with E-state index < -0.39 is 5.82 Å². The largest absolute Gasteiger partial charge is 0.324 e. The molecule has 0 aliphatic heterocycles. The fourth-order valence-corrected chi connectivity index (χ4v) is 1.52.